The molecule has 0 bridgehead atoms. The Morgan fingerprint density at radius 1 is 1.08 bits per heavy atom. The summed E-state index contributed by atoms with van der Waals surface area (Å²) >= 11 is 1.18. The number of hydrogen-bond donors (Lipinski definition) is 1. The van der Waals surface area contributed by atoms with Crippen LogP contribution < -0.4 is 4.90 Å². The number of carbonyl (C=O) groups is 2. The maximum absolute atomic E-state index is 12.9. The van der Waals surface area contributed by atoms with Gasteiger partial charge in [0.05, 0.1) is 5.56 Å². The molecule has 1 amide bonds. The van der Waals surface area contributed by atoms with E-state index in [1.807, 2.05) is 32.0 Å². The second-order valence-corrected chi connectivity index (χ2v) is 7.19. The summed E-state index contributed by atoms with van der Waals surface area (Å²) in [5, 5.41) is 8.48. The van der Waals surface area contributed by atoms with Crippen molar-refractivity contribution < 1.29 is 14.7 Å². The first-order valence-electron chi connectivity index (χ1n) is 7.64. The number of carboxylic acids is 1. The van der Waals surface area contributed by atoms with Crippen LogP contribution in [0, 0.1) is 13.8 Å². The van der Waals surface area contributed by atoms with Gasteiger partial charge in [-0.3, -0.25) is 9.59 Å². The molecule has 2 aromatic carbocycles. The van der Waals surface area contributed by atoms with E-state index >= 15 is 0 Å². The lowest BCUT2D eigenvalue weighted by molar-refractivity contribution is -0.136. The monoisotopic (exact) mass is 343 g/mol. The highest BCUT2D eigenvalue weighted by atomic mass is 32.2. The average molecular weight is 343 g/mol. The molecule has 0 spiro atoms. The van der Waals surface area contributed by atoms with Gasteiger partial charge < -0.3 is 10.0 Å². The summed E-state index contributed by atoms with van der Waals surface area (Å²) in [6.07, 6.45) is 0. The van der Waals surface area contributed by atoms with E-state index in [1.54, 1.807) is 37.1 Å². The zero-order valence-electron chi connectivity index (χ0n) is 14.2. The second-order valence-electron chi connectivity index (χ2n) is 5.80. The second kappa shape index (κ2) is 7.53. The Morgan fingerprint density at radius 2 is 1.67 bits per heavy atom. The number of carbonyl (C=O) groups excluding carboxylic acids is 1. The summed E-state index contributed by atoms with van der Waals surface area (Å²) in [5.41, 5.74) is 3.51. The molecule has 24 heavy (non-hydrogen) atoms. The normalized spacial score (nSPS) is 11.8. The maximum Gasteiger partial charge on any atom is 0.316 e. The Kier molecular flexibility index (Phi) is 5.67. The highest BCUT2D eigenvalue weighted by molar-refractivity contribution is 8.00. The number of benzene rings is 2. The fraction of sp³-hybridized carbons (Fsp3) is 0.263. The van der Waals surface area contributed by atoms with Crippen LogP contribution in [0.1, 0.15) is 28.4 Å². The van der Waals surface area contributed by atoms with Gasteiger partial charge in [0.25, 0.3) is 5.91 Å². The molecule has 0 heterocycles. The molecule has 0 radical (unpaired) electrons. The smallest absolute Gasteiger partial charge is 0.316 e. The van der Waals surface area contributed by atoms with Gasteiger partial charge in [0.1, 0.15) is 5.25 Å². The van der Waals surface area contributed by atoms with Crippen LogP contribution in [-0.2, 0) is 4.79 Å². The van der Waals surface area contributed by atoms with E-state index in [9.17, 15) is 9.59 Å². The van der Waals surface area contributed by atoms with Crippen molar-refractivity contribution in [2.45, 2.75) is 30.9 Å². The van der Waals surface area contributed by atoms with Crippen molar-refractivity contribution in [2.24, 2.45) is 0 Å². The van der Waals surface area contributed by atoms with Gasteiger partial charge in [0.2, 0.25) is 0 Å². The Labute approximate surface area is 146 Å². The molecule has 0 aliphatic rings. The Balaban J connectivity index is 2.33. The summed E-state index contributed by atoms with van der Waals surface area (Å²) in [5.74, 6) is -1.05. The Morgan fingerprint density at radius 3 is 2.25 bits per heavy atom. The van der Waals surface area contributed by atoms with Crippen LogP contribution >= 0.6 is 11.8 Å². The number of thioether (sulfide) groups is 1. The predicted octanol–water partition coefficient (Wildman–Crippen LogP) is 4.15. The summed E-state index contributed by atoms with van der Waals surface area (Å²) < 4.78 is 0. The summed E-state index contributed by atoms with van der Waals surface area (Å²) in [6, 6.07) is 13.1. The van der Waals surface area contributed by atoms with Crippen LogP contribution in [0.4, 0.5) is 5.69 Å². The van der Waals surface area contributed by atoms with Gasteiger partial charge >= 0.3 is 5.97 Å². The number of rotatable bonds is 5. The van der Waals surface area contributed by atoms with Gasteiger partial charge in [-0.05, 0) is 56.2 Å². The van der Waals surface area contributed by atoms with Gasteiger partial charge in [-0.15, -0.1) is 11.8 Å². The average Bonchev–Trinajstić information content (AvgIpc) is 2.53. The van der Waals surface area contributed by atoms with Crippen LogP contribution in [0.2, 0.25) is 0 Å². The van der Waals surface area contributed by atoms with Crippen LogP contribution in [0.15, 0.2) is 47.4 Å². The minimum Gasteiger partial charge on any atom is -0.480 e. The highest BCUT2D eigenvalue weighted by Gasteiger charge is 2.20. The molecule has 0 aliphatic carbocycles. The molecule has 0 saturated carbocycles. The SMILES string of the molecule is Cc1cc(C)cc(N(C)C(=O)c2ccccc2SC(C)C(=O)O)c1. The quantitative estimate of drug-likeness (QED) is 0.829. The molecular formula is C19H21NO3S. The van der Waals surface area contributed by atoms with Crippen molar-refractivity contribution in [3.8, 4) is 0 Å². The van der Waals surface area contributed by atoms with E-state index in [4.69, 9.17) is 5.11 Å². The summed E-state index contributed by atoms with van der Waals surface area (Å²) in [6.45, 7) is 5.60. The molecule has 2 rings (SSSR count). The molecule has 4 nitrogen and oxygen atoms in total. The largest absolute Gasteiger partial charge is 0.480 e. The molecule has 0 aliphatic heterocycles. The van der Waals surface area contributed by atoms with Gasteiger partial charge in [0.15, 0.2) is 0 Å². The summed E-state index contributed by atoms with van der Waals surface area (Å²) in [4.78, 5) is 26.3. The maximum atomic E-state index is 12.9. The van der Waals surface area contributed by atoms with E-state index in [0.717, 1.165) is 16.8 Å². The number of aryl methyl sites for hydroxylation is 2. The van der Waals surface area contributed by atoms with Gasteiger partial charge in [-0.2, -0.15) is 0 Å². The zero-order valence-corrected chi connectivity index (χ0v) is 15.1. The Hall–Kier alpha value is -2.27. The van der Waals surface area contributed by atoms with Crippen molar-refractivity contribution in [3.05, 3.63) is 59.2 Å². The van der Waals surface area contributed by atoms with E-state index in [1.165, 1.54) is 11.8 Å². The van der Waals surface area contributed by atoms with Gasteiger partial charge in [-0.25, -0.2) is 0 Å². The molecule has 5 heteroatoms. The van der Waals surface area contributed by atoms with E-state index in [2.05, 4.69) is 6.07 Å². The minimum absolute atomic E-state index is 0.152. The molecule has 1 unspecified atom stereocenters. The Bertz CT molecular complexity index is 753. The van der Waals surface area contributed by atoms with E-state index in [0.29, 0.717) is 10.5 Å². The molecular weight excluding hydrogens is 322 g/mol. The predicted molar refractivity (Wildman–Crippen MR) is 98.0 cm³/mol. The number of nitrogens with zero attached hydrogens (tertiary/aromatic N) is 1. The first-order valence-corrected chi connectivity index (χ1v) is 8.52. The molecule has 0 fully saturated rings. The van der Waals surface area contributed by atoms with Gasteiger partial charge in [-0.1, -0.05) is 18.2 Å². The van der Waals surface area contributed by atoms with Crippen molar-refractivity contribution in [1.29, 1.82) is 0 Å². The first-order chi connectivity index (χ1) is 11.3. The zero-order chi connectivity index (χ0) is 17.9. The lowest BCUT2D eigenvalue weighted by atomic mass is 10.1. The van der Waals surface area contributed by atoms with Crippen molar-refractivity contribution in [2.75, 3.05) is 11.9 Å². The number of carboxylic acid groups (broad SMARTS) is 1. The molecule has 126 valence electrons. The fourth-order valence-electron chi connectivity index (χ4n) is 2.43. The third-order valence-electron chi connectivity index (χ3n) is 3.67. The summed E-state index contributed by atoms with van der Waals surface area (Å²) in [7, 11) is 1.73. The lowest BCUT2D eigenvalue weighted by Gasteiger charge is -2.20. The number of hydrogen-bond acceptors (Lipinski definition) is 3. The minimum atomic E-state index is -0.898. The fourth-order valence-corrected chi connectivity index (χ4v) is 3.35. The van der Waals surface area contributed by atoms with E-state index in [-0.39, 0.29) is 5.91 Å². The van der Waals surface area contributed by atoms with Crippen LogP contribution in [0.3, 0.4) is 0 Å². The van der Waals surface area contributed by atoms with Crippen LogP contribution in [0.25, 0.3) is 0 Å². The van der Waals surface area contributed by atoms with Gasteiger partial charge in [0, 0.05) is 17.6 Å². The lowest BCUT2D eigenvalue weighted by Crippen LogP contribution is -2.27. The molecule has 1 N–H and O–H groups in total. The van der Waals surface area contributed by atoms with Crippen molar-refractivity contribution >= 4 is 29.3 Å². The third-order valence-corrected chi connectivity index (χ3v) is 4.83. The third kappa shape index (κ3) is 4.17. The number of aliphatic carboxylic acids is 1. The number of anilines is 1. The molecule has 0 aromatic heterocycles. The highest BCUT2D eigenvalue weighted by Crippen LogP contribution is 2.29. The van der Waals surface area contributed by atoms with Crippen molar-refractivity contribution in [3.63, 3.8) is 0 Å². The van der Waals surface area contributed by atoms with E-state index < -0.39 is 11.2 Å². The molecule has 1 atom stereocenters. The topological polar surface area (TPSA) is 57.6 Å². The molecule has 0 saturated heterocycles. The first kappa shape index (κ1) is 18.1. The number of amides is 1. The molecule has 2 aromatic rings. The van der Waals surface area contributed by atoms with Crippen LogP contribution in [0.5, 0.6) is 0 Å². The van der Waals surface area contributed by atoms with Crippen LogP contribution in [-0.4, -0.2) is 29.3 Å². The van der Waals surface area contributed by atoms with Crippen molar-refractivity contribution in [1.82, 2.24) is 0 Å². The standard InChI is InChI=1S/C19H21NO3S/c1-12-9-13(2)11-15(10-12)20(4)18(21)16-7-5-6-8-17(16)24-14(3)19(22)23/h5-11,14H,1-4H3,(H,22,23).